The normalized spacial score (nSPS) is 11.2. The van der Waals surface area contributed by atoms with Gasteiger partial charge in [0.2, 0.25) is 0 Å². The minimum atomic E-state index is -0.650. The van der Waals surface area contributed by atoms with Crippen LogP contribution in [0.5, 0.6) is 0 Å². The summed E-state index contributed by atoms with van der Waals surface area (Å²) in [6.07, 6.45) is 3.39. The molecule has 0 radical (unpaired) electrons. The highest BCUT2D eigenvalue weighted by Crippen LogP contribution is 2.28. The lowest BCUT2D eigenvalue weighted by atomic mass is 10.1. The zero-order valence-corrected chi connectivity index (χ0v) is 20.0. The van der Waals surface area contributed by atoms with Crippen LogP contribution >= 0.6 is 34.5 Å². The number of benzene rings is 2. The molecule has 0 unspecified atom stereocenters. The van der Waals surface area contributed by atoms with E-state index in [1.165, 1.54) is 29.5 Å². The smallest absolute Gasteiger partial charge is 0.270 e. The van der Waals surface area contributed by atoms with E-state index in [4.69, 9.17) is 27.6 Å². The van der Waals surface area contributed by atoms with Crippen LogP contribution in [0.2, 0.25) is 10.0 Å². The summed E-state index contributed by atoms with van der Waals surface area (Å²) in [7, 11) is 0. The van der Waals surface area contributed by atoms with Crippen molar-refractivity contribution in [2.45, 2.75) is 6.42 Å². The van der Waals surface area contributed by atoms with Gasteiger partial charge in [0.25, 0.3) is 11.6 Å². The van der Waals surface area contributed by atoms with Gasteiger partial charge in [0.05, 0.1) is 4.92 Å². The maximum atomic E-state index is 12.6. The lowest BCUT2D eigenvalue weighted by Crippen LogP contribution is -2.13. The number of halogens is 2. The van der Waals surface area contributed by atoms with Crippen LogP contribution in [0.15, 0.2) is 70.8 Å². The Bertz CT molecular complexity index is 1500. The van der Waals surface area contributed by atoms with Crippen molar-refractivity contribution >= 4 is 57.3 Å². The molecule has 0 spiro atoms. The number of hydrogen-bond donors (Lipinski definition) is 1. The van der Waals surface area contributed by atoms with Gasteiger partial charge in [-0.1, -0.05) is 35.3 Å². The van der Waals surface area contributed by atoms with Gasteiger partial charge in [0.15, 0.2) is 5.13 Å². The number of amides is 1. The number of furan rings is 1. The van der Waals surface area contributed by atoms with Gasteiger partial charge in [-0.05, 0) is 35.9 Å². The summed E-state index contributed by atoms with van der Waals surface area (Å²) in [5.74, 6) is -0.0435. The Hall–Kier alpha value is -3.97. The topological polar surface area (TPSA) is 122 Å². The van der Waals surface area contributed by atoms with Crippen molar-refractivity contribution in [3.63, 3.8) is 0 Å². The van der Waals surface area contributed by atoms with Crippen LogP contribution in [0.1, 0.15) is 16.2 Å². The average Bonchev–Trinajstić information content (AvgIpc) is 3.49. The van der Waals surface area contributed by atoms with Gasteiger partial charge in [0, 0.05) is 51.3 Å². The fourth-order valence-corrected chi connectivity index (χ4v) is 4.34. The van der Waals surface area contributed by atoms with Crippen LogP contribution in [0.25, 0.3) is 17.4 Å². The van der Waals surface area contributed by atoms with Crippen molar-refractivity contribution in [1.82, 2.24) is 4.98 Å². The first-order chi connectivity index (χ1) is 16.8. The first kappa shape index (κ1) is 24.2. The second-order valence-electron chi connectivity index (χ2n) is 7.18. The lowest BCUT2D eigenvalue weighted by Gasteiger charge is -2.02. The molecule has 0 fully saturated rings. The van der Waals surface area contributed by atoms with E-state index in [1.54, 1.807) is 48.7 Å². The molecule has 11 heteroatoms. The largest absolute Gasteiger partial charge is 0.457 e. The Kier molecular flexibility index (Phi) is 7.27. The second kappa shape index (κ2) is 10.5. The fourth-order valence-electron chi connectivity index (χ4n) is 3.13. The molecule has 2 aromatic heterocycles. The molecular formula is C24H14Cl2N4O4S. The molecule has 0 saturated carbocycles. The van der Waals surface area contributed by atoms with Crippen LogP contribution in [-0.4, -0.2) is 15.8 Å². The van der Waals surface area contributed by atoms with Gasteiger partial charge in [-0.2, -0.15) is 5.26 Å². The third kappa shape index (κ3) is 5.94. The van der Waals surface area contributed by atoms with E-state index in [-0.39, 0.29) is 17.0 Å². The fraction of sp³-hybridized carbons (Fsp3) is 0.0417. The molecule has 174 valence electrons. The highest BCUT2D eigenvalue weighted by Gasteiger charge is 2.15. The quantitative estimate of drug-likeness (QED) is 0.123. The zero-order chi connectivity index (χ0) is 24.9. The van der Waals surface area contributed by atoms with Crippen LogP contribution in [0.4, 0.5) is 10.8 Å². The number of nitro groups is 1. The molecule has 0 aliphatic rings. The number of nitro benzene ring substituents is 1. The predicted octanol–water partition coefficient (Wildman–Crippen LogP) is 6.75. The number of aromatic nitrogens is 1. The number of non-ortho nitro benzene ring substituents is 1. The molecule has 0 atom stereocenters. The SMILES string of the molecule is N#CC(=Cc1ccc(-c2cccc([N+](=O)[O-])c2)o1)C(=O)Nc1ncc(Cc2cc(Cl)ccc2Cl)s1. The Balaban J connectivity index is 1.47. The Morgan fingerprint density at radius 1 is 1.23 bits per heavy atom. The predicted molar refractivity (Wildman–Crippen MR) is 134 cm³/mol. The zero-order valence-electron chi connectivity index (χ0n) is 17.7. The molecule has 4 aromatic rings. The molecule has 1 amide bonds. The van der Waals surface area contributed by atoms with Crippen LogP contribution < -0.4 is 5.32 Å². The van der Waals surface area contributed by atoms with Gasteiger partial charge in [-0.15, -0.1) is 11.3 Å². The van der Waals surface area contributed by atoms with Crippen molar-refractivity contribution in [1.29, 1.82) is 5.26 Å². The summed E-state index contributed by atoms with van der Waals surface area (Å²) >= 11 is 13.5. The number of nitrogens with one attached hydrogen (secondary N) is 1. The molecule has 2 heterocycles. The van der Waals surface area contributed by atoms with Gasteiger partial charge >= 0.3 is 0 Å². The molecule has 35 heavy (non-hydrogen) atoms. The van der Waals surface area contributed by atoms with Crippen molar-refractivity contribution < 1.29 is 14.1 Å². The number of thiazole rings is 1. The van der Waals surface area contributed by atoms with Crippen LogP contribution in [0, 0.1) is 21.4 Å². The number of anilines is 1. The molecule has 0 saturated heterocycles. The van der Waals surface area contributed by atoms with Gasteiger partial charge in [-0.3, -0.25) is 20.2 Å². The van der Waals surface area contributed by atoms with Gasteiger partial charge in [-0.25, -0.2) is 4.98 Å². The van der Waals surface area contributed by atoms with E-state index < -0.39 is 10.8 Å². The number of rotatable bonds is 7. The molecule has 4 rings (SSSR count). The minimum Gasteiger partial charge on any atom is -0.457 e. The van der Waals surface area contributed by atoms with Gasteiger partial charge < -0.3 is 4.42 Å². The summed E-state index contributed by atoms with van der Waals surface area (Å²) in [6.45, 7) is 0. The molecular weight excluding hydrogens is 511 g/mol. The maximum Gasteiger partial charge on any atom is 0.270 e. The lowest BCUT2D eigenvalue weighted by molar-refractivity contribution is -0.384. The van der Waals surface area contributed by atoms with E-state index in [0.29, 0.717) is 32.9 Å². The van der Waals surface area contributed by atoms with Crippen molar-refractivity contribution in [2.24, 2.45) is 0 Å². The summed E-state index contributed by atoms with van der Waals surface area (Å²) < 4.78 is 5.66. The minimum absolute atomic E-state index is 0.0754. The summed E-state index contributed by atoms with van der Waals surface area (Å²) in [6, 6.07) is 16.2. The van der Waals surface area contributed by atoms with E-state index in [1.807, 2.05) is 6.07 Å². The van der Waals surface area contributed by atoms with Crippen molar-refractivity contribution in [3.05, 3.63) is 103 Å². The number of nitrogens with zero attached hydrogens (tertiary/aromatic N) is 3. The molecule has 0 bridgehead atoms. The van der Waals surface area contributed by atoms with Gasteiger partial charge in [0.1, 0.15) is 23.2 Å². The summed E-state index contributed by atoms with van der Waals surface area (Å²) in [4.78, 5) is 28.1. The second-order valence-corrected chi connectivity index (χ2v) is 9.14. The van der Waals surface area contributed by atoms with Crippen LogP contribution in [-0.2, 0) is 11.2 Å². The monoisotopic (exact) mass is 524 g/mol. The number of carbonyl (C=O) groups is 1. The molecule has 2 aromatic carbocycles. The van der Waals surface area contributed by atoms with E-state index in [2.05, 4.69) is 10.3 Å². The Labute approximate surface area is 213 Å². The highest BCUT2D eigenvalue weighted by molar-refractivity contribution is 7.15. The summed E-state index contributed by atoms with van der Waals surface area (Å²) in [5.41, 5.74) is 1.06. The summed E-state index contributed by atoms with van der Waals surface area (Å²) in [5, 5.41) is 24.5. The highest BCUT2D eigenvalue weighted by atomic mass is 35.5. The number of hydrogen-bond acceptors (Lipinski definition) is 7. The third-order valence-corrected chi connectivity index (χ3v) is 6.28. The Morgan fingerprint density at radius 3 is 2.83 bits per heavy atom. The molecule has 8 nitrogen and oxygen atoms in total. The first-order valence-electron chi connectivity index (χ1n) is 9.99. The average molecular weight is 525 g/mol. The van der Waals surface area contributed by atoms with Crippen molar-refractivity contribution in [2.75, 3.05) is 5.32 Å². The van der Waals surface area contributed by atoms with E-state index in [9.17, 15) is 20.2 Å². The molecule has 0 aliphatic carbocycles. The maximum absolute atomic E-state index is 12.6. The number of carbonyl (C=O) groups excluding carboxylic acids is 1. The van der Waals surface area contributed by atoms with E-state index in [0.717, 1.165) is 10.4 Å². The van der Waals surface area contributed by atoms with Crippen molar-refractivity contribution in [3.8, 4) is 17.4 Å². The van der Waals surface area contributed by atoms with E-state index >= 15 is 0 Å². The first-order valence-corrected chi connectivity index (χ1v) is 11.6. The Morgan fingerprint density at radius 2 is 2.06 bits per heavy atom. The number of nitriles is 1. The van der Waals surface area contributed by atoms with Crippen LogP contribution in [0.3, 0.4) is 0 Å². The third-order valence-electron chi connectivity index (χ3n) is 4.77. The molecule has 1 N–H and O–H groups in total. The standard InChI is InChI=1S/C24H14Cl2N4O4S/c25-17-4-6-21(26)15(8-17)11-20-13-28-24(35-20)29-23(31)16(12-27)10-19-5-7-22(34-19)14-2-1-3-18(9-14)30(32)33/h1-10,13H,11H2,(H,28,29,31). The molecule has 0 aliphatic heterocycles.